The molecule has 2 aromatic rings. The number of anilines is 1. The summed E-state index contributed by atoms with van der Waals surface area (Å²) in [5.41, 5.74) is 0.891. The van der Waals surface area contributed by atoms with Gasteiger partial charge >= 0.3 is 0 Å². The van der Waals surface area contributed by atoms with E-state index in [0.717, 1.165) is 31.4 Å². The van der Waals surface area contributed by atoms with Gasteiger partial charge in [0, 0.05) is 56.8 Å². The number of amides is 2. The second-order valence-corrected chi connectivity index (χ2v) is 7.09. The minimum absolute atomic E-state index is 0.119. The lowest BCUT2D eigenvalue weighted by Gasteiger charge is -2.30. The van der Waals surface area contributed by atoms with Crippen molar-refractivity contribution in [2.24, 2.45) is 5.92 Å². The standard InChI is InChI=1S/C18H22N4O3/c1-11(23)21(2)17-6-13-8-19-15(7-16(13)25-17)18(24)20-14-5-12-3-4-22(9-12)10-14/h6-8,12,14H,3-5,9-10H2,1-2H3,(H,20,24). The van der Waals surface area contributed by atoms with Gasteiger partial charge in [0.1, 0.15) is 11.3 Å². The third-order valence-corrected chi connectivity index (χ3v) is 5.23. The number of hydrogen-bond acceptors (Lipinski definition) is 5. The molecule has 2 fully saturated rings. The van der Waals surface area contributed by atoms with Crippen molar-refractivity contribution in [3.8, 4) is 0 Å². The average molecular weight is 342 g/mol. The molecule has 3 unspecified atom stereocenters. The van der Waals surface area contributed by atoms with Crippen LogP contribution in [0.3, 0.4) is 0 Å². The summed E-state index contributed by atoms with van der Waals surface area (Å²) in [5.74, 6) is 0.849. The van der Waals surface area contributed by atoms with Crippen LogP contribution in [0.4, 0.5) is 5.88 Å². The summed E-state index contributed by atoms with van der Waals surface area (Å²) in [5, 5.41) is 3.86. The van der Waals surface area contributed by atoms with Gasteiger partial charge in [-0.25, -0.2) is 0 Å². The van der Waals surface area contributed by atoms with E-state index in [2.05, 4.69) is 15.2 Å². The van der Waals surface area contributed by atoms with E-state index in [0.29, 0.717) is 23.1 Å². The molecular formula is C18H22N4O3. The van der Waals surface area contributed by atoms with E-state index in [4.69, 9.17) is 4.42 Å². The van der Waals surface area contributed by atoms with Crippen molar-refractivity contribution in [1.82, 2.24) is 15.2 Å². The third-order valence-electron chi connectivity index (χ3n) is 5.23. The Kier molecular flexibility index (Phi) is 3.95. The molecule has 1 N–H and O–H groups in total. The van der Waals surface area contributed by atoms with Crippen molar-refractivity contribution < 1.29 is 14.0 Å². The van der Waals surface area contributed by atoms with Crippen LogP contribution in [0.2, 0.25) is 0 Å². The van der Waals surface area contributed by atoms with Gasteiger partial charge in [-0.3, -0.25) is 19.5 Å². The van der Waals surface area contributed by atoms with Gasteiger partial charge in [0.15, 0.2) is 0 Å². The molecule has 0 spiro atoms. The zero-order chi connectivity index (χ0) is 17.6. The summed E-state index contributed by atoms with van der Waals surface area (Å²) in [6.07, 6.45) is 3.88. The Hall–Kier alpha value is -2.41. The maximum atomic E-state index is 12.5. The Labute approximate surface area is 146 Å². The lowest BCUT2D eigenvalue weighted by atomic mass is 9.97. The van der Waals surface area contributed by atoms with Gasteiger partial charge in [-0.05, 0) is 25.3 Å². The Bertz CT molecular complexity index is 819. The fourth-order valence-corrected chi connectivity index (χ4v) is 3.79. The summed E-state index contributed by atoms with van der Waals surface area (Å²) in [4.78, 5) is 32.1. The number of hydrogen-bond donors (Lipinski definition) is 1. The minimum atomic E-state index is -0.174. The van der Waals surface area contributed by atoms with Gasteiger partial charge in [0.25, 0.3) is 5.91 Å². The molecule has 0 radical (unpaired) electrons. The number of aromatic nitrogens is 1. The predicted molar refractivity (Wildman–Crippen MR) is 93.5 cm³/mol. The smallest absolute Gasteiger partial charge is 0.270 e. The van der Waals surface area contributed by atoms with Crippen LogP contribution < -0.4 is 10.2 Å². The van der Waals surface area contributed by atoms with E-state index >= 15 is 0 Å². The monoisotopic (exact) mass is 342 g/mol. The second kappa shape index (κ2) is 6.15. The van der Waals surface area contributed by atoms with Gasteiger partial charge in [0.2, 0.25) is 11.8 Å². The Morgan fingerprint density at radius 2 is 2.20 bits per heavy atom. The van der Waals surface area contributed by atoms with Crippen LogP contribution >= 0.6 is 0 Å². The van der Waals surface area contributed by atoms with E-state index in [-0.39, 0.29) is 17.9 Å². The predicted octanol–water partition coefficient (Wildman–Crippen LogP) is 1.63. The van der Waals surface area contributed by atoms with E-state index in [1.54, 1.807) is 25.4 Å². The maximum Gasteiger partial charge on any atom is 0.270 e. The first-order valence-corrected chi connectivity index (χ1v) is 8.66. The number of fused-ring (bicyclic) bond motifs is 3. The lowest BCUT2D eigenvalue weighted by molar-refractivity contribution is -0.116. The largest absolute Gasteiger partial charge is 0.440 e. The van der Waals surface area contributed by atoms with Crippen LogP contribution in [0.1, 0.15) is 30.3 Å². The molecule has 4 heterocycles. The second-order valence-electron chi connectivity index (χ2n) is 7.09. The van der Waals surface area contributed by atoms with Crippen LogP contribution in [0, 0.1) is 5.92 Å². The quantitative estimate of drug-likeness (QED) is 0.917. The van der Waals surface area contributed by atoms with Crippen molar-refractivity contribution in [1.29, 1.82) is 0 Å². The highest BCUT2D eigenvalue weighted by atomic mass is 16.4. The zero-order valence-electron chi connectivity index (χ0n) is 14.5. The molecular weight excluding hydrogens is 320 g/mol. The van der Waals surface area contributed by atoms with Gasteiger partial charge < -0.3 is 14.6 Å². The molecule has 132 valence electrons. The topological polar surface area (TPSA) is 78.7 Å². The van der Waals surface area contributed by atoms with Crippen LogP contribution in [0.25, 0.3) is 11.0 Å². The molecule has 25 heavy (non-hydrogen) atoms. The van der Waals surface area contributed by atoms with Gasteiger partial charge in [0.05, 0.1) is 0 Å². The number of carbonyl (C=O) groups excluding carboxylic acids is 2. The molecule has 0 aromatic carbocycles. The summed E-state index contributed by atoms with van der Waals surface area (Å²) < 4.78 is 5.69. The van der Waals surface area contributed by atoms with Crippen molar-refractivity contribution in [3.05, 3.63) is 24.0 Å². The van der Waals surface area contributed by atoms with Crippen molar-refractivity contribution >= 4 is 28.7 Å². The van der Waals surface area contributed by atoms with Gasteiger partial charge in [-0.1, -0.05) is 0 Å². The van der Waals surface area contributed by atoms with E-state index in [1.807, 2.05) is 0 Å². The number of rotatable bonds is 3. The molecule has 0 aliphatic carbocycles. The van der Waals surface area contributed by atoms with Gasteiger partial charge in [-0.2, -0.15) is 0 Å². The number of nitrogens with zero attached hydrogens (tertiary/aromatic N) is 3. The Balaban J connectivity index is 1.50. The lowest BCUT2D eigenvalue weighted by Crippen LogP contribution is -2.47. The summed E-state index contributed by atoms with van der Waals surface area (Å²) in [6, 6.07) is 3.57. The van der Waals surface area contributed by atoms with Crippen molar-refractivity contribution in [2.45, 2.75) is 25.8 Å². The number of furan rings is 1. The molecule has 2 amide bonds. The molecule has 3 atom stereocenters. The molecule has 7 heteroatoms. The van der Waals surface area contributed by atoms with Crippen molar-refractivity contribution in [3.63, 3.8) is 0 Å². The van der Waals surface area contributed by atoms with Crippen LogP contribution in [0.5, 0.6) is 0 Å². The Morgan fingerprint density at radius 1 is 1.36 bits per heavy atom. The molecule has 0 saturated carbocycles. The molecule has 2 aromatic heterocycles. The zero-order valence-corrected chi connectivity index (χ0v) is 14.5. The summed E-state index contributed by atoms with van der Waals surface area (Å²) in [6.45, 7) is 4.69. The molecule has 4 rings (SSSR count). The molecule has 2 saturated heterocycles. The van der Waals surface area contributed by atoms with Crippen molar-refractivity contribution in [2.75, 3.05) is 31.6 Å². The SMILES string of the molecule is CC(=O)N(C)c1cc2cnc(C(=O)NC3CC4CCN(C4)C3)cc2o1. The first-order valence-electron chi connectivity index (χ1n) is 8.66. The molecule has 2 aliphatic heterocycles. The van der Waals surface area contributed by atoms with Crippen LogP contribution in [0.15, 0.2) is 22.7 Å². The van der Waals surface area contributed by atoms with Crippen LogP contribution in [-0.4, -0.2) is 54.4 Å². The normalized spacial score (nSPS) is 25.1. The van der Waals surface area contributed by atoms with E-state index in [9.17, 15) is 9.59 Å². The highest BCUT2D eigenvalue weighted by Crippen LogP contribution is 2.28. The number of piperidine rings is 1. The highest BCUT2D eigenvalue weighted by molar-refractivity contribution is 5.97. The van der Waals surface area contributed by atoms with E-state index in [1.165, 1.54) is 18.2 Å². The van der Waals surface area contributed by atoms with E-state index < -0.39 is 0 Å². The Morgan fingerprint density at radius 3 is 2.96 bits per heavy atom. The molecule has 2 aliphatic rings. The molecule has 7 nitrogen and oxygen atoms in total. The first-order chi connectivity index (χ1) is 12.0. The first kappa shape index (κ1) is 16.1. The van der Waals surface area contributed by atoms with Crippen LogP contribution in [-0.2, 0) is 4.79 Å². The van der Waals surface area contributed by atoms with Gasteiger partial charge in [-0.15, -0.1) is 0 Å². The number of carbonyl (C=O) groups is 2. The average Bonchev–Trinajstić information content (AvgIpc) is 3.16. The maximum absolute atomic E-state index is 12.5. The number of nitrogens with one attached hydrogen (secondary N) is 1. The fourth-order valence-electron chi connectivity index (χ4n) is 3.79. The summed E-state index contributed by atoms with van der Waals surface area (Å²) in [7, 11) is 1.65. The summed E-state index contributed by atoms with van der Waals surface area (Å²) >= 11 is 0. The third kappa shape index (κ3) is 3.11. The highest BCUT2D eigenvalue weighted by Gasteiger charge is 2.33. The molecule has 2 bridgehead atoms. The number of pyridine rings is 1. The minimum Gasteiger partial charge on any atom is -0.440 e. The fraction of sp³-hybridized carbons (Fsp3) is 0.500.